The molecule has 0 amide bonds. The van der Waals surface area contributed by atoms with Gasteiger partial charge in [-0.1, -0.05) is 0 Å². The Morgan fingerprint density at radius 1 is 1.03 bits per heavy atom. The number of ether oxygens (including phenoxy) is 1. The molecule has 3 aliphatic heterocycles. The molecule has 9 N–H and O–H groups in total. The van der Waals surface area contributed by atoms with Gasteiger partial charge in [0.05, 0.1) is 12.9 Å². The van der Waals surface area contributed by atoms with E-state index in [0.29, 0.717) is 5.06 Å². The molecule has 0 aromatic heterocycles. The van der Waals surface area contributed by atoms with E-state index in [-0.39, 0.29) is 11.5 Å². The van der Waals surface area contributed by atoms with Crippen LogP contribution < -0.4 is 5.73 Å². The van der Waals surface area contributed by atoms with Gasteiger partial charge in [0.2, 0.25) is 0 Å². The van der Waals surface area contributed by atoms with Gasteiger partial charge in [0.1, 0.15) is 30.3 Å². The van der Waals surface area contributed by atoms with Gasteiger partial charge in [-0.3, -0.25) is 0 Å². The van der Waals surface area contributed by atoms with Crippen molar-refractivity contribution < 1.29 is 66.6 Å². The number of hydrogen-bond donors (Lipinski definition) is 8. The summed E-state index contributed by atoms with van der Waals surface area (Å²) in [5, 5.41) is 29.9. The molecule has 7 atom stereocenters. The second-order valence-corrected chi connectivity index (χ2v) is 10.7. The fourth-order valence-electron chi connectivity index (χ4n) is 2.91. The molecule has 1 fully saturated rings. The van der Waals surface area contributed by atoms with Crippen LogP contribution in [-0.2, 0) is 31.7 Å². The van der Waals surface area contributed by atoms with E-state index in [1.54, 1.807) is 0 Å². The summed E-state index contributed by atoms with van der Waals surface area (Å²) >= 11 is 0. The van der Waals surface area contributed by atoms with Crippen LogP contribution in [0.4, 0.5) is 0 Å². The first-order chi connectivity index (χ1) is 14.6. The van der Waals surface area contributed by atoms with Gasteiger partial charge in [-0.25, -0.2) is 28.7 Å². The van der Waals surface area contributed by atoms with Crippen molar-refractivity contribution >= 4 is 36.1 Å². The molecule has 3 heterocycles. The van der Waals surface area contributed by atoms with Crippen LogP contribution in [0.2, 0.25) is 0 Å². The third-order valence-corrected chi connectivity index (χ3v) is 7.82. The van der Waals surface area contributed by atoms with Crippen LogP contribution in [0.3, 0.4) is 0 Å². The number of fused-ring (bicyclic) bond motifs is 1. The Morgan fingerprint density at radius 2 is 1.69 bits per heavy atom. The fraction of sp³-hybridized carbons (Fsp3) is 0.600. The number of nitrogens with two attached hydrogens (primary N) is 1. The van der Waals surface area contributed by atoms with Crippen LogP contribution in [0.15, 0.2) is 21.5 Å². The minimum Gasteiger partial charge on any atom is -0.394 e. The first-order valence-electron chi connectivity index (χ1n) is 8.24. The highest BCUT2D eigenvalue weighted by Crippen LogP contribution is 2.66. The molecule has 0 bridgehead atoms. The lowest BCUT2D eigenvalue weighted by atomic mass is 10.1. The summed E-state index contributed by atoms with van der Waals surface area (Å²) in [5.41, 5.74) is 5.60. The maximum Gasteiger partial charge on any atom is 0.502 e. The minimum atomic E-state index is -5.79. The Bertz CT molecular complexity index is 982. The molecular formula is C10H18N5O14P3. The lowest BCUT2D eigenvalue weighted by molar-refractivity contribution is -0.130. The molecule has 3 aliphatic rings. The first kappa shape index (κ1) is 25.4. The molecule has 0 radical (unpaired) electrons. The highest BCUT2D eigenvalue weighted by atomic mass is 31.3. The number of phosphoric acid groups is 3. The number of hydroxylamine groups is 2. The monoisotopic (exact) mass is 525 g/mol. The summed E-state index contributed by atoms with van der Waals surface area (Å²) < 4.78 is 51.7. The second-order valence-electron chi connectivity index (χ2n) is 6.34. The van der Waals surface area contributed by atoms with Gasteiger partial charge >= 0.3 is 23.5 Å². The molecule has 0 aromatic carbocycles. The summed E-state index contributed by atoms with van der Waals surface area (Å²) in [4.78, 5) is 44.9. The van der Waals surface area contributed by atoms with Gasteiger partial charge in [0.25, 0.3) is 0 Å². The van der Waals surface area contributed by atoms with Gasteiger partial charge in [-0.15, -0.1) is 0 Å². The quantitative estimate of drug-likeness (QED) is 0.145. The maximum atomic E-state index is 12.2. The summed E-state index contributed by atoms with van der Waals surface area (Å²) in [7, 11) is -17.0. The molecule has 3 unspecified atom stereocenters. The van der Waals surface area contributed by atoms with E-state index in [9.17, 15) is 38.8 Å². The Hall–Kier alpha value is -1.27. The van der Waals surface area contributed by atoms with E-state index in [0.717, 1.165) is 17.6 Å². The average Bonchev–Trinajstić information content (AvgIpc) is 3.17. The highest BCUT2D eigenvalue weighted by molar-refractivity contribution is 7.66. The van der Waals surface area contributed by atoms with Crippen molar-refractivity contribution in [1.29, 1.82) is 0 Å². The number of aliphatic imine (C=N–C) groups is 2. The van der Waals surface area contributed by atoms with E-state index in [2.05, 4.69) is 23.2 Å². The van der Waals surface area contributed by atoms with Crippen LogP contribution in [0.5, 0.6) is 0 Å². The van der Waals surface area contributed by atoms with E-state index in [1.165, 1.54) is 0 Å². The molecule has 22 heteroatoms. The van der Waals surface area contributed by atoms with E-state index in [4.69, 9.17) is 20.3 Å². The number of rotatable bonds is 8. The Labute approximate surface area is 178 Å². The molecule has 0 spiro atoms. The van der Waals surface area contributed by atoms with Crippen molar-refractivity contribution in [2.24, 2.45) is 15.7 Å². The third-order valence-electron chi connectivity index (χ3n) is 4.10. The van der Waals surface area contributed by atoms with Crippen LogP contribution in [0.25, 0.3) is 0 Å². The largest absolute Gasteiger partial charge is 0.502 e. The van der Waals surface area contributed by atoms with Gasteiger partial charge < -0.3 is 50.3 Å². The van der Waals surface area contributed by atoms with Crippen LogP contribution in [0, 0.1) is 0 Å². The van der Waals surface area contributed by atoms with E-state index >= 15 is 0 Å². The predicted octanol–water partition coefficient (Wildman–Crippen LogP) is -3.17. The molecule has 3 rings (SSSR count). The van der Waals surface area contributed by atoms with Gasteiger partial charge in [-0.2, -0.15) is 13.2 Å². The van der Waals surface area contributed by atoms with Crippen molar-refractivity contribution in [1.82, 2.24) is 9.96 Å². The predicted molar refractivity (Wildman–Crippen MR) is 98.4 cm³/mol. The minimum absolute atomic E-state index is 0.108. The average molecular weight is 525 g/mol. The zero-order valence-corrected chi connectivity index (χ0v) is 18.1. The summed E-state index contributed by atoms with van der Waals surface area (Å²) in [6, 6.07) is 0. The topological polar surface area (TPSA) is 287 Å². The molecule has 1 saturated heterocycles. The van der Waals surface area contributed by atoms with Crippen molar-refractivity contribution in [3.8, 4) is 0 Å². The zero-order valence-electron chi connectivity index (χ0n) is 15.4. The SMILES string of the molecule is NC1=C2N=CN([C@@H]3O[C@H](CO)[C@@H](O)[C@H]3O)C2N(OP(=O)(O)OP(=O)(O)OP(=O)(O)O)C=N1. The molecule has 0 aromatic rings. The number of hydrogen-bond acceptors (Lipinski definition) is 15. The van der Waals surface area contributed by atoms with Crippen molar-refractivity contribution in [2.45, 2.75) is 30.7 Å². The van der Waals surface area contributed by atoms with Gasteiger partial charge in [-0.05, 0) is 0 Å². The zero-order chi connectivity index (χ0) is 24.1. The summed E-state index contributed by atoms with van der Waals surface area (Å²) in [5.74, 6) is -0.202. The Morgan fingerprint density at radius 3 is 2.25 bits per heavy atom. The smallest absolute Gasteiger partial charge is 0.394 e. The molecule has 0 saturated carbocycles. The second kappa shape index (κ2) is 8.83. The third kappa shape index (κ3) is 5.44. The number of nitrogens with zero attached hydrogens (tertiary/aromatic N) is 4. The molecule has 182 valence electrons. The number of aliphatic hydroxyl groups is 3. The van der Waals surface area contributed by atoms with Gasteiger partial charge in [0, 0.05) is 0 Å². The molecule has 32 heavy (non-hydrogen) atoms. The molecular weight excluding hydrogens is 507 g/mol. The van der Waals surface area contributed by atoms with E-state index in [1.807, 2.05) is 0 Å². The Kier molecular flexibility index (Phi) is 6.99. The van der Waals surface area contributed by atoms with Crippen molar-refractivity contribution in [3.63, 3.8) is 0 Å². The van der Waals surface area contributed by atoms with Crippen LogP contribution >= 0.6 is 23.5 Å². The summed E-state index contributed by atoms with van der Waals surface area (Å²) in [6.45, 7) is -0.651. The normalized spacial score (nSPS) is 34.0. The lowest BCUT2D eigenvalue weighted by Crippen LogP contribution is -2.54. The van der Waals surface area contributed by atoms with Crippen LogP contribution in [0.1, 0.15) is 0 Å². The van der Waals surface area contributed by atoms with Crippen molar-refractivity contribution in [2.75, 3.05) is 6.61 Å². The highest BCUT2D eigenvalue weighted by Gasteiger charge is 2.51. The van der Waals surface area contributed by atoms with Gasteiger partial charge in [0.15, 0.2) is 18.2 Å². The van der Waals surface area contributed by atoms with E-state index < -0.39 is 60.8 Å². The molecule has 0 aliphatic carbocycles. The van der Waals surface area contributed by atoms with Crippen LogP contribution in [-0.4, -0.2) is 94.8 Å². The lowest BCUT2D eigenvalue weighted by Gasteiger charge is -2.38. The molecule has 19 nitrogen and oxygen atoms in total. The first-order valence-corrected chi connectivity index (χ1v) is 12.8. The number of aliphatic hydroxyl groups excluding tert-OH is 3. The fourth-order valence-corrected chi connectivity index (χ4v) is 5.90. The standard InChI is InChI=1S/C10H18N5O14P3/c11-8-5-9(14(2-12-5)10-7(18)6(17)4(1-16)26-10)15(3-13-8)27-31(22,23)29-32(24,25)28-30(19,20)21/h2-4,6-7,9-10,16-18H,1,11H2,(H,22,23)(H,24,25)(H2,19,20,21)/t4-,6-,7-,9?,10-/m1/s1. The maximum absolute atomic E-state index is 12.2. The Balaban J connectivity index is 1.82. The summed E-state index contributed by atoms with van der Waals surface area (Å²) in [6.07, 6.45) is -5.28. The van der Waals surface area contributed by atoms with Crippen molar-refractivity contribution in [3.05, 3.63) is 11.5 Å².